The van der Waals surface area contributed by atoms with E-state index in [2.05, 4.69) is 20.2 Å². The second-order valence-corrected chi connectivity index (χ2v) is 5.02. The number of hydrogen-bond acceptors (Lipinski definition) is 5. The van der Waals surface area contributed by atoms with Gasteiger partial charge in [0.25, 0.3) is 11.8 Å². The first-order valence-corrected chi connectivity index (χ1v) is 6.91. The van der Waals surface area contributed by atoms with E-state index in [1.54, 1.807) is 24.3 Å². The van der Waals surface area contributed by atoms with Gasteiger partial charge in [0.1, 0.15) is 4.88 Å². The number of rotatable bonds is 5. The molecule has 1 aromatic heterocycles. The van der Waals surface area contributed by atoms with Gasteiger partial charge in [0.05, 0.1) is 6.20 Å². The number of halogens is 1. The largest absolute Gasteiger partial charge is 0.350 e. The maximum atomic E-state index is 11.7. The van der Waals surface area contributed by atoms with Crippen LogP contribution >= 0.6 is 23.1 Å². The molecule has 6 nitrogen and oxygen atoms in total. The van der Waals surface area contributed by atoms with E-state index in [-0.39, 0.29) is 11.8 Å². The second-order valence-electron chi connectivity index (χ2n) is 3.80. The molecule has 2 N–H and O–H groups in total. The lowest BCUT2D eigenvalue weighted by atomic mass is 10.2. The Morgan fingerprint density at radius 2 is 1.75 bits per heavy atom. The minimum atomic E-state index is -0.249. The molecule has 0 fully saturated rings. The summed E-state index contributed by atoms with van der Waals surface area (Å²) in [5.74, 6) is -0.462. The lowest BCUT2D eigenvalue weighted by molar-refractivity contribution is 0.0929. The van der Waals surface area contributed by atoms with Crippen LogP contribution in [0.1, 0.15) is 20.0 Å². The molecule has 1 aromatic carbocycles. The molecule has 0 bridgehead atoms. The highest BCUT2D eigenvalue weighted by Crippen LogP contribution is 2.09. The van der Waals surface area contributed by atoms with Gasteiger partial charge in [-0.05, 0) is 35.8 Å². The van der Waals surface area contributed by atoms with Crippen LogP contribution in [0.5, 0.6) is 0 Å². The molecule has 0 saturated heterocycles. The summed E-state index contributed by atoms with van der Waals surface area (Å²) < 4.78 is 3.60. The molecule has 20 heavy (non-hydrogen) atoms. The fourth-order valence-corrected chi connectivity index (χ4v) is 1.97. The smallest absolute Gasteiger partial charge is 0.264 e. The van der Waals surface area contributed by atoms with Crippen LogP contribution < -0.4 is 10.6 Å². The van der Waals surface area contributed by atoms with Crippen LogP contribution in [0.4, 0.5) is 0 Å². The Morgan fingerprint density at radius 1 is 1.10 bits per heavy atom. The number of aromatic nitrogens is 2. The van der Waals surface area contributed by atoms with Gasteiger partial charge in [0, 0.05) is 23.7 Å². The van der Waals surface area contributed by atoms with Crippen LogP contribution in [0, 0.1) is 0 Å². The van der Waals surface area contributed by atoms with Gasteiger partial charge >= 0.3 is 0 Å². The van der Waals surface area contributed by atoms with Crippen LogP contribution in [0.3, 0.4) is 0 Å². The molecule has 0 unspecified atom stereocenters. The molecule has 0 aliphatic heterocycles. The molecule has 0 radical (unpaired) electrons. The van der Waals surface area contributed by atoms with Gasteiger partial charge in [-0.25, -0.2) is 0 Å². The normalized spacial score (nSPS) is 10.1. The van der Waals surface area contributed by atoms with Crippen molar-refractivity contribution in [3.05, 3.63) is 45.9 Å². The van der Waals surface area contributed by atoms with E-state index in [0.29, 0.717) is 28.6 Å². The zero-order chi connectivity index (χ0) is 14.4. The van der Waals surface area contributed by atoms with Gasteiger partial charge in [0.2, 0.25) is 0 Å². The summed E-state index contributed by atoms with van der Waals surface area (Å²) in [6.45, 7) is 0.662. The third kappa shape index (κ3) is 4.01. The Hall–Kier alpha value is -1.99. The standard InChI is InChI=1S/C12H11ClN4O2S/c13-9-3-1-8(2-4-9)11(18)14-5-6-15-12(19)10-7-16-17-20-10/h1-4,7H,5-6H2,(H,14,18)(H,15,19). The summed E-state index contributed by atoms with van der Waals surface area (Å²) in [7, 11) is 0. The number of carbonyl (C=O) groups excluding carboxylic acids is 2. The Labute approximate surface area is 124 Å². The summed E-state index contributed by atoms with van der Waals surface area (Å²) in [4.78, 5) is 23.7. The van der Waals surface area contributed by atoms with Gasteiger partial charge in [-0.15, -0.1) is 5.10 Å². The predicted octanol–water partition coefficient (Wildman–Crippen LogP) is 1.35. The molecule has 0 aliphatic rings. The molecule has 0 aliphatic carbocycles. The molecular weight excluding hydrogens is 300 g/mol. The highest BCUT2D eigenvalue weighted by molar-refractivity contribution is 7.07. The number of hydrogen-bond donors (Lipinski definition) is 2. The molecule has 8 heteroatoms. The molecular formula is C12H11ClN4O2S. The molecule has 0 spiro atoms. The Balaban J connectivity index is 1.72. The quantitative estimate of drug-likeness (QED) is 0.817. The van der Waals surface area contributed by atoms with E-state index in [1.165, 1.54) is 6.20 Å². The first-order chi connectivity index (χ1) is 9.66. The maximum absolute atomic E-state index is 11.7. The lowest BCUT2D eigenvalue weighted by Crippen LogP contribution is -2.34. The average molecular weight is 311 g/mol. The van der Waals surface area contributed by atoms with Gasteiger partial charge in [-0.1, -0.05) is 16.1 Å². The summed E-state index contributed by atoms with van der Waals surface area (Å²) in [5.41, 5.74) is 0.521. The zero-order valence-corrected chi connectivity index (χ0v) is 11.9. The lowest BCUT2D eigenvalue weighted by Gasteiger charge is -2.06. The van der Waals surface area contributed by atoms with Crippen molar-refractivity contribution in [1.29, 1.82) is 0 Å². The third-order valence-electron chi connectivity index (χ3n) is 2.39. The summed E-state index contributed by atoms with van der Waals surface area (Å²) in [6, 6.07) is 6.57. The third-order valence-corrected chi connectivity index (χ3v) is 3.30. The Bertz CT molecular complexity index is 586. The van der Waals surface area contributed by atoms with Crippen molar-refractivity contribution in [3.8, 4) is 0 Å². The van der Waals surface area contributed by atoms with Crippen LogP contribution in [-0.2, 0) is 0 Å². The van der Waals surface area contributed by atoms with E-state index >= 15 is 0 Å². The first-order valence-electron chi connectivity index (χ1n) is 5.76. The van der Waals surface area contributed by atoms with Crippen molar-refractivity contribution in [2.24, 2.45) is 0 Å². The van der Waals surface area contributed by atoms with Crippen molar-refractivity contribution < 1.29 is 9.59 Å². The predicted molar refractivity (Wildman–Crippen MR) is 76.0 cm³/mol. The topological polar surface area (TPSA) is 84.0 Å². The fraction of sp³-hybridized carbons (Fsp3) is 0.167. The molecule has 0 atom stereocenters. The van der Waals surface area contributed by atoms with Crippen molar-refractivity contribution in [1.82, 2.24) is 20.2 Å². The zero-order valence-electron chi connectivity index (χ0n) is 10.3. The molecule has 2 amide bonds. The molecule has 104 valence electrons. The van der Waals surface area contributed by atoms with Crippen LogP contribution in [0.25, 0.3) is 0 Å². The summed E-state index contributed by atoms with van der Waals surface area (Å²) in [6.07, 6.45) is 1.40. The van der Waals surface area contributed by atoms with Gasteiger partial charge in [-0.2, -0.15) is 0 Å². The minimum Gasteiger partial charge on any atom is -0.350 e. The van der Waals surface area contributed by atoms with Crippen LogP contribution in [-0.4, -0.2) is 34.5 Å². The fourth-order valence-electron chi connectivity index (χ4n) is 1.41. The Kier molecular flexibility index (Phi) is 5.03. The van der Waals surface area contributed by atoms with Crippen LogP contribution in [0.15, 0.2) is 30.5 Å². The molecule has 2 aromatic rings. The van der Waals surface area contributed by atoms with Crippen molar-refractivity contribution in [2.75, 3.05) is 13.1 Å². The second kappa shape index (κ2) is 6.97. The number of benzene rings is 1. The molecule has 2 rings (SSSR count). The number of amides is 2. The first kappa shape index (κ1) is 14.4. The molecule has 0 saturated carbocycles. The van der Waals surface area contributed by atoms with Crippen LogP contribution in [0.2, 0.25) is 5.02 Å². The summed E-state index contributed by atoms with van der Waals surface area (Å²) >= 11 is 6.76. The number of carbonyl (C=O) groups is 2. The number of nitrogens with one attached hydrogen (secondary N) is 2. The minimum absolute atomic E-state index is 0.213. The van der Waals surface area contributed by atoms with E-state index in [0.717, 1.165) is 11.5 Å². The Morgan fingerprint density at radius 3 is 2.35 bits per heavy atom. The van der Waals surface area contributed by atoms with Crippen molar-refractivity contribution in [2.45, 2.75) is 0 Å². The van der Waals surface area contributed by atoms with E-state index in [4.69, 9.17) is 11.6 Å². The van der Waals surface area contributed by atoms with Crippen molar-refractivity contribution >= 4 is 34.9 Å². The average Bonchev–Trinajstić information content (AvgIpc) is 2.98. The van der Waals surface area contributed by atoms with E-state index in [1.807, 2.05) is 0 Å². The SMILES string of the molecule is O=C(NCCNC(=O)c1cnns1)c1ccc(Cl)cc1. The highest BCUT2D eigenvalue weighted by Gasteiger charge is 2.08. The van der Waals surface area contributed by atoms with E-state index in [9.17, 15) is 9.59 Å². The van der Waals surface area contributed by atoms with Gasteiger partial charge in [-0.3, -0.25) is 9.59 Å². The molecule has 1 heterocycles. The summed E-state index contributed by atoms with van der Waals surface area (Å²) in [5, 5.41) is 9.50. The van der Waals surface area contributed by atoms with Gasteiger partial charge < -0.3 is 10.6 Å². The van der Waals surface area contributed by atoms with Crippen molar-refractivity contribution in [3.63, 3.8) is 0 Å². The maximum Gasteiger partial charge on any atom is 0.264 e. The number of nitrogens with zero attached hydrogens (tertiary/aromatic N) is 2. The van der Waals surface area contributed by atoms with E-state index < -0.39 is 0 Å². The highest BCUT2D eigenvalue weighted by atomic mass is 35.5. The van der Waals surface area contributed by atoms with Gasteiger partial charge in [0.15, 0.2) is 0 Å². The monoisotopic (exact) mass is 310 g/mol.